The van der Waals surface area contributed by atoms with E-state index in [1.165, 1.54) is 0 Å². The van der Waals surface area contributed by atoms with Crippen LogP contribution in [0.3, 0.4) is 0 Å². The lowest BCUT2D eigenvalue weighted by atomic mass is 9.88. The standard InChI is InChI=1S/C15H25N3O2/c1-10-11(2)20-12(3)14(10)15(19)17-13-4-7-18(8-5-13)9-6-16/h10-14H,4-5,7-9H2,1-3H3,(H,17,19). The molecule has 0 aliphatic carbocycles. The number of piperidine rings is 1. The molecule has 20 heavy (non-hydrogen) atoms. The second-order valence-corrected chi connectivity index (χ2v) is 6.15. The Morgan fingerprint density at radius 3 is 2.45 bits per heavy atom. The lowest BCUT2D eigenvalue weighted by molar-refractivity contribution is -0.128. The maximum absolute atomic E-state index is 12.4. The highest BCUT2D eigenvalue weighted by atomic mass is 16.5. The van der Waals surface area contributed by atoms with Crippen LogP contribution < -0.4 is 5.32 Å². The summed E-state index contributed by atoms with van der Waals surface area (Å²) in [6.07, 6.45) is 2.01. The van der Waals surface area contributed by atoms with Gasteiger partial charge in [-0.25, -0.2) is 0 Å². The van der Waals surface area contributed by atoms with Crippen LogP contribution in [-0.4, -0.2) is 48.7 Å². The normalized spacial score (nSPS) is 35.7. The van der Waals surface area contributed by atoms with Crippen molar-refractivity contribution in [3.8, 4) is 6.07 Å². The molecule has 0 radical (unpaired) electrons. The SMILES string of the molecule is CC1OC(C)C(C(=O)NC2CCN(CC#N)CC2)C1C. The molecule has 112 valence electrons. The molecular weight excluding hydrogens is 254 g/mol. The van der Waals surface area contributed by atoms with Crippen molar-refractivity contribution in [2.24, 2.45) is 11.8 Å². The van der Waals surface area contributed by atoms with Crippen molar-refractivity contribution in [3.05, 3.63) is 0 Å². The molecule has 0 aromatic carbocycles. The van der Waals surface area contributed by atoms with Gasteiger partial charge in [0.1, 0.15) is 0 Å². The first-order valence-electron chi connectivity index (χ1n) is 7.58. The van der Waals surface area contributed by atoms with Gasteiger partial charge in [0.25, 0.3) is 0 Å². The summed E-state index contributed by atoms with van der Waals surface area (Å²) in [5.74, 6) is 0.360. The molecule has 0 bridgehead atoms. The van der Waals surface area contributed by atoms with Gasteiger partial charge in [-0.05, 0) is 32.6 Å². The first kappa shape index (κ1) is 15.3. The van der Waals surface area contributed by atoms with E-state index >= 15 is 0 Å². The second kappa shape index (κ2) is 6.55. The van der Waals surface area contributed by atoms with Crippen LogP contribution >= 0.6 is 0 Å². The first-order chi connectivity index (χ1) is 9.52. The number of hydrogen-bond donors (Lipinski definition) is 1. The van der Waals surface area contributed by atoms with Crippen LogP contribution in [-0.2, 0) is 9.53 Å². The molecule has 0 spiro atoms. The monoisotopic (exact) mass is 279 g/mol. The Bertz CT molecular complexity index is 385. The lowest BCUT2D eigenvalue weighted by Gasteiger charge is -2.32. The van der Waals surface area contributed by atoms with E-state index in [-0.39, 0.29) is 36.0 Å². The molecule has 0 saturated carbocycles. The Labute approximate surface area is 121 Å². The lowest BCUT2D eigenvalue weighted by Crippen LogP contribution is -2.48. The van der Waals surface area contributed by atoms with Crippen LogP contribution in [0, 0.1) is 23.2 Å². The highest BCUT2D eigenvalue weighted by Crippen LogP contribution is 2.32. The molecule has 2 fully saturated rings. The van der Waals surface area contributed by atoms with E-state index in [9.17, 15) is 4.79 Å². The molecule has 2 rings (SSSR count). The maximum atomic E-state index is 12.4. The van der Waals surface area contributed by atoms with Gasteiger partial charge in [0.05, 0.1) is 30.7 Å². The number of carbonyl (C=O) groups is 1. The molecule has 2 aliphatic rings. The van der Waals surface area contributed by atoms with E-state index in [0.717, 1.165) is 25.9 Å². The topological polar surface area (TPSA) is 65.4 Å². The summed E-state index contributed by atoms with van der Waals surface area (Å²) >= 11 is 0. The van der Waals surface area contributed by atoms with Gasteiger partial charge in [-0.2, -0.15) is 5.26 Å². The Morgan fingerprint density at radius 1 is 1.30 bits per heavy atom. The number of carbonyl (C=O) groups excluding carboxylic acids is 1. The second-order valence-electron chi connectivity index (χ2n) is 6.15. The number of nitrogens with zero attached hydrogens (tertiary/aromatic N) is 2. The van der Waals surface area contributed by atoms with E-state index in [4.69, 9.17) is 10.00 Å². The molecule has 4 atom stereocenters. The van der Waals surface area contributed by atoms with Crippen LogP contribution in [0.1, 0.15) is 33.6 Å². The summed E-state index contributed by atoms with van der Waals surface area (Å²) < 4.78 is 5.74. The first-order valence-corrected chi connectivity index (χ1v) is 7.58. The molecule has 2 saturated heterocycles. The summed E-state index contributed by atoms with van der Waals surface area (Å²) in [6.45, 7) is 8.38. The number of ether oxygens (including phenoxy) is 1. The average molecular weight is 279 g/mol. The van der Waals surface area contributed by atoms with Crippen molar-refractivity contribution >= 4 is 5.91 Å². The van der Waals surface area contributed by atoms with Gasteiger partial charge >= 0.3 is 0 Å². The number of nitriles is 1. The Balaban J connectivity index is 1.82. The molecule has 2 aliphatic heterocycles. The summed E-state index contributed by atoms with van der Waals surface area (Å²) in [7, 11) is 0. The molecule has 2 heterocycles. The third kappa shape index (κ3) is 3.31. The molecule has 5 heteroatoms. The fourth-order valence-electron chi connectivity index (χ4n) is 3.35. The van der Waals surface area contributed by atoms with Gasteiger partial charge in [0, 0.05) is 19.1 Å². The van der Waals surface area contributed by atoms with Gasteiger partial charge in [-0.15, -0.1) is 0 Å². The number of rotatable bonds is 3. The predicted octanol–water partition coefficient (Wildman–Crippen LogP) is 1.15. The highest BCUT2D eigenvalue weighted by Gasteiger charge is 2.42. The number of hydrogen-bond acceptors (Lipinski definition) is 4. The smallest absolute Gasteiger partial charge is 0.226 e. The van der Waals surface area contributed by atoms with Crippen molar-refractivity contribution < 1.29 is 9.53 Å². The third-order valence-electron chi connectivity index (χ3n) is 4.77. The van der Waals surface area contributed by atoms with Gasteiger partial charge < -0.3 is 10.1 Å². The molecule has 1 amide bonds. The summed E-state index contributed by atoms with van der Waals surface area (Å²) in [6, 6.07) is 2.42. The van der Waals surface area contributed by atoms with Crippen LogP contribution in [0.15, 0.2) is 0 Å². The van der Waals surface area contributed by atoms with Crippen molar-refractivity contribution in [1.82, 2.24) is 10.2 Å². The summed E-state index contributed by atoms with van der Waals surface area (Å²) in [4.78, 5) is 14.6. The van der Waals surface area contributed by atoms with E-state index in [1.807, 2.05) is 13.8 Å². The Hall–Kier alpha value is -1.12. The van der Waals surface area contributed by atoms with Gasteiger partial charge in [0.2, 0.25) is 5.91 Å². The van der Waals surface area contributed by atoms with Gasteiger partial charge in [0.15, 0.2) is 0 Å². The fraction of sp³-hybridized carbons (Fsp3) is 0.867. The van der Waals surface area contributed by atoms with Crippen LogP contribution in [0.4, 0.5) is 0 Å². The maximum Gasteiger partial charge on any atom is 0.226 e. The van der Waals surface area contributed by atoms with E-state index < -0.39 is 0 Å². The molecule has 4 unspecified atom stereocenters. The van der Waals surface area contributed by atoms with Crippen molar-refractivity contribution in [2.45, 2.75) is 51.9 Å². The van der Waals surface area contributed by atoms with Crippen molar-refractivity contribution in [2.75, 3.05) is 19.6 Å². The van der Waals surface area contributed by atoms with Crippen LogP contribution in [0.5, 0.6) is 0 Å². The van der Waals surface area contributed by atoms with Crippen LogP contribution in [0.2, 0.25) is 0 Å². The molecule has 1 N–H and O–H groups in total. The zero-order valence-corrected chi connectivity index (χ0v) is 12.6. The zero-order valence-electron chi connectivity index (χ0n) is 12.6. The average Bonchev–Trinajstić information content (AvgIpc) is 2.66. The summed E-state index contributed by atoms with van der Waals surface area (Å²) in [5.41, 5.74) is 0. The van der Waals surface area contributed by atoms with Gasteiger partial charge in [-0.1, -0.05) is 6.92 Å². The van der Waals surface area contributed by atoms with E-state index in [2.05, 4.69) is 23.2 Å². The number of amides is 1. The van der Waals surface area contributed by atoms with Crippen molar-refractivity contribution in [3.63, 3.8) is 0 Å². The van der Waals surface area contributed by atoms with Gasteiger partial charge in [-0.3, -0.25) is 9.69 Å². The van der Waals surface area contributed by atoms with Crippen molar-refractivity contribution in [1.29, 1.82) is 5.26 Å². The summed E-state index contributed by atoms with van der Waals surface area (Å²) in [5, 5.41) is 11.9. The third-order valence-corrected chi connectivity index (χ3v) is 4.77. The number of likely N-dealkylation sites (tertiary alicyclic amines) is 1. The predicted molar refractivity (Wildman–Crippen MR) is 75.9 cm³/mol. The Kier molecular flexibility index (Phi) is 5.00. The Morgan fingerprint density at radius 2 is 1.95 bits per heavy atom. The highest BCUT2D eigenvalue weighted by molar-refractivity contribution is 5.80. The quantitative estimate of drug-likeness (QED) is 0.787. The molecular formula is C15H25N3O2. The molecule has 5 nitrogen and oxygen atoms in total. The molecule has 0 aromatic rings. The van der Waals surface area contributed by atoms with Crippen LogP contribution in [0.25, 0.3) is 0 Å². The minimum absolute atomic E-state index is 0.00122. The number of nitrogens with one attached hydrogen (secondary N) is 1. The largest absolute Gasteiger partial charge is 0.374 e. The molecule has 0 aromatic heterocycles. The minimum Gasteiger partial charge on any atom is -0.374 e. The van der Waals surface area contributed by atoms with E-state index in [0.29, 0.717) is 6.54 Å². The zero-order chi connectivity index (χ0) is 14.7. The minimum atomic E-state index is -0.0397. The fourth-order valence-corrected chi connectivity index (χ4v) is 3.35. The van der Waals surface area contributed by atoms with E-state index in [1.54, 1.807) is 0 Å².